The molecule has 1 rings (SSSR count). The summed E-state index contributed by atoms with van der Waals surface area (Å²) in [7, 11) is 1.74. The van der Waals surface area contributed by atoms with E-state index in [-0.39, 0.29) is 0 Å². The second-order valence-corrected chi connectivity index (χ2v) is 4.81. The molecule has 1 N–H and O–H groups in total. The number of unbranched alkanes of at least 4 members (excludes halogenated alkanes) is 2. The van der Waals surface area contributed by atoms with Gasteiger partial charge in [0.25, 0.3) is 0 Å². The maximum atomic E-state index is 6.06. The van der Waals surface area contributed by atoms with Crippen LogP contribution in [-0.2, 0) is 11.3 Å². The van der Waals surface area contributed by atoms with Crippen LogP contribution in [0.1, 0.15) is 24.8 Å². The maximum Gasteiger partial charge on any atom is 0.0462 e. The Morgan fingerprint density at radius 3 is 2.76 bits per heavy atom. The summed E-state index contributed by atoms with van der Waals surface area (Å²) >= 11 is 12.0. The summed E-state index contributed by atoms with van der Waals surface area (Å²) in [4.78, 5) is 0. The van der Waals surface area contributed by atoms with Crippen LogP contribution in [-0.4, -0.2) is 20.3 Å². The summed E-state index contributed by atoms with van der Waals surface area (Å²) in [6.07, 6.45) is 3.46. The lowest BCUT2D eigenvalue weighted by Crippen LogP contribution is -2.15. The van der Waals surface area contributed by atoms with E-state index in [4.69, 9.17) is 27.9 Å². The standard InChI is InChI=1S/C13H19Cl2NO/c1-17-8-4-2-3-7-16-10-11-9-12(14)5-6-13(11)15/h5-6,9,16H,2-4,7-8,10H2,1H3. The molecule has 96 valence electrons. The fraction of sp³-hybridized carbons (Fsp3) is 0.538. The molecule has 0 amide bonds. The Bertz CT molecular complexity index is 331. The Morgan fingerprint density at radius 1 is 1.18 bits per heavy atom. The highest BCUT2D eigenvalue weighted by Crippen LogP contribution is 2.20. The lowest BCUT2D eigenvalue weighted by molar-refractivity contribution is 0.192. The van der Waals surface area contributed by atoms with E-state index < -0.39 is 0 Å². The van der Waals surface area contributed by atoms with Crippen molar-refractivity contribution in [2.45, 2.75) is 25.8 Å². The molecule has 4 heteroatoms. The Hall–Kier alpha value is -0.280. The second-order valence-electron chi connectivity index (χ2n) is 3.97. The van der Waals surface area contributed by atoms with Crippen molar-refractivity contribution in [3.63, 3.8) is 0 Å². The van der Waals surface area contributed by atoms with E-state index in [9.17, 15) is 0 Å². The molecule has 1 aromatic carbocycles. The molecule has 0 aliphatic rings. The third-order valence-electron chi connectivity index (χ3n) is 2.53. The zero-order valence-electron chi connectivity index (χ0n) is 10.1. The first kappa shape index (κ1) is 14.8. The molecular weight excluding hydrogens is 257 g/mol. The zero-order chi connectivity index (χ0) is 12.5. The molecule has 2 nitrogen and oxygen atoms in total. The fourth-order valence-electron chi connectivity index (χ4n) is 1.58. The smallest absolute Gasteiger partial charge is 0.0462 e. The van der Waals surface area contributed by atoms with Crippen LogP contribution in [0.5, 0.6) is 0 Å². The van der Waals surface area contributed by atoms with Crippen molar-refractivity contribution in [1.29, 1.82) is 0 Å². The van der Waals surface area contributed by atoms with Gasteiger partial charge in [-0.1, -0.05) is 23.2 Å². The molecule has 0 fully saturated rings. The Kier molecular flexibility index (Phi) is 7.62. The van der Waals surface area contributed by atoms with Crippen LogP contribution < -0.4 is 5.32 Å². The highest BCUT2D eigenvalue weighted by atomic mass is 35.5. The molecule has 17 heavy (non-hydrogen) atoms. The maximum absolute atomic E-state index is 6.06. The fourth-order valence-corrected chi connectivity index (χ4v) is 1.95. The van der Waals surface area contributed by atoms with Crippen molar-refractivity contribution in [3.05, 3.63) is 33.8 Å². The molecule has 1 aromatic rings. The predicted molar refractivity (Wildman–Crippen MR) is 73.9 cm³/mol. The van der Waals surface area contributed by atoms with Crippen molar-refractivity contribution in [1.82, 2.24) is 5.32 Å². The normalized spacial score (nSPS) is 10.8. The summed E-state index contributed by atoms with van der Waals surface area (Å²) in [5, 5.41) is 4.86. The summed E-state index contributed by atoms with van der Waals surface area (Å²) in [6, 6.07) is 5.54. The van der Waals surface area contributed by atoms with E-state index in [1.165, 1.54) is 6.42 Å². The molecule has 0 radical (unpaired) electrons. The monoisotopic (exact) mass is 275 g/mol. The highest BCUT2D eigenvalue weighted by molar-refractivity contribution is 6.33. The van der Waals surface area contributed by atoms with Gasteiger partial charge in [0.05, 0.1) is 0 Å². The SMILES string of the molecule is COCCCCCNCc1cc(Cl)ccc1Cl. The molecular formula is C13H19Cl2NO. The zero-order valence-corrected chi connectivity index (χ0v) is 11.7. The molecule has 0 bridgehead atoms. The molecule has 0 saturated heterocycles. The molecule has 0 heterocycles. The van der Waals surface area contributed by atoms with Crippen LogP contribution >= 0.6 is 23.2 Å². The summed E-state index contributed by atoms with van der Waals surface area (Å²) < 4.78 is 4.99. The van der Waals surface area contributed by atoms with Crippen molar-refractivity contribution in [2.24, 2.45) is 0 Å². The third-order valence-corrected chi connectivity index (χ3v) is 3.13. The van der Waals surface area contributed by atoms with Crippen LogP contribution in [0.3, 0.4) is 0 Å². The molecule has 0 aliphatic heterocycles. The van der Waals surface area contributed by atoms with Gasteiger partial charge in [0.15, 0.2) is 0 Å². The number of ether oxygens (including phenoxy) is 1. The van der Waals surface area contributed by atoms with Gasteiger partial charge in [0.1, 0.15) is 0 Å². The quantitative estimate of drug-likeness (QED) is 0.727. The number of benzene rings is 1. The van der Waals surface area contributed by atoms with Crippen LogP contribution in [0.15, 0.2) is 18.2 Å². The second kappa shape index (κ2) is 8.76. The lowest BCUT2D eigenvalue weighted by Gasteiger charge is -2.07. The van der Waals surface area contributed by atoms with E-state index >= 15 is 0 Å². The largest absolute Gasteiger partial charge is 0.385 e. The lowest BCUT2D eigenvalue weighted by atomic mass is 10.2. The Morgan fingerprint density at radius 2 is 2.00 bits per heavy atom. The third kappa shape index (κ3) is 6.27. The molecule has 0 aromatic heterocycles. The molecule has 0 saturated carbocycles. The number of hydrogen-bond acceptors (Lipinski definition) is 2. The number of rotatable bonds is 8. The topological polar surface area (TPSA) is 21.3 Å². The van der Waals surface area contributed by atoms with Crippen molar-refractivity contribution >= 4 is 23.2 Å². The molecule has 0 spiro atoms. The summed E-state index contributed by atoms with van der Waals surface area (Å²) in [5.41, 5.74) is 1.05. The average molecular weight is 276 g/mol. The van der Waals surface area contributed by atoms with E-state index in [2.05, 4.69) is 5.32 Å². The first-order valence-electron chi connectivity index (χ1n) is 5.87. The van der Waals surface area contributed by atoms with Gasteiger partial charge in [-0.05, 0) is 49.6 Å². The van der Waals surface area contributed by atoms with Gasteiger partial charge in [-0.3, -0.25) is 0 Å². The number of halogens is 2. The minimum Gasteiger partial charge on any atom is -0.385 e. The van der Waals surface area contributed by atoms with Gasteiger partial charge in [0, 0.05) is 30.3 Å². The molecule has 0 aliphatic carbocycles. The van der Waals surface area contributed by atoms with E-state index in [0.29, 0.717) is 0 Å². The van der Waals surface area contributed by atoms with E-state index in [0.717, 1.165) is 48.1 Å². The van der Waals surface area contributed by atoms with E-state index in [1.807, 2.05) is 12.1 Å². The van der Waals surface area contributed by atoms with Crippen LogP contribution in [0.25, 0.3) is 0 Å². The van der Waals surface area contributed by atoms with Gasteiger partial charge >= 0.3 is 0 Å². The highest BCUT2D eigenvalue weighted by Gasteiger charge is 2.00. The number of hydrogen-bond donors (Lipinski definition) is 1. The van der Waals surface area contributed by atoms with Gasteiger partial charge < -0.3 is 10.1 Å². The van der Waals surface area contributed by atoms with Crippen LogP contribution in [0.2, 0.25) is 10.0 Å². The number of nitrogens with one attached hydrogen (secondary N) is 1. The average Bonchev–Trinajstić information content (AvgIpc) is 2.32. The van der Waals surface area contributed by atoms with Crippen molar-refractivity contribution < 1.29 is 4.74 Å². The molecule has 0 unspecified atom stereocenters. The van der Waals surface area contributed by atoms with E-state index in [1.54, 1.807) is 13.2 Å². The number of methoxy groups -OCH3 is 1. The summed E-state index contributed by atoms with van der Waals surface area (Å²) in [6.45, 7) is 2.61. The first-order chi connectivity index (χ1) is 8.24. The predicted octanol–water partition coefficient (Wildman–Crippen LogP) is 3.90. The van der Waals surface area contributed by atoms with Crippen molar-refractivity contribution in [3.8, 4) is 0 Å². The Balaban J connectivity index is 2.15. The minimum absolute atomic E-state index is 0.728. The van der Waals surface area contributed by atoms with Crippen LogP contribution in [0.4, 0.5) is 0 Å². The first-order valence-corrected chi connectivity index (χ1v) is 6.63. The van der Waals surface area contributed by atoms with Gasteiger partial charge in [0.2, 0.25) is 0 Å². The van der Waals surface area contributed by atoms with Crippen molar-refractivity contribution in [2.75, 3.05) is 20.3 Å². The molecule has 0 atom stereocenters. The minimum atomic E-state index is 0.728. The van der Waals surface area contributed by atoms with Gasteiger partial charge in [-0.15, -0.1) is 0 Å². The van der Waals surface area contributed by atoms with Gasteiger partial charge in [-0.2, -0.15) is 0 Å². The van der Waals surface area contributed by atoms with Crippen LogP contribution in [0, 0.1) is 0 Å². The van der Waals surface area contributed by atoms with Gasteiger partial charge in [-0.25, -0.2) is 0 Å². The Labute approximate surface area is 113 Å². The summed E-state index contributed by atoms with van der Waals surface area (Å²) in [5.74, 6) is 0.